The summed E-state index contributed by atoms with van der Waals surface area (Å²) in [6.45, 7) is 10.5. The Morgan fingerprint density at radius 1 is 0.821 bits per heavy atom. The molecule has 3 amide bonds. The van der Waals surface area contributed by atoms with Crippen LogP contribution in [0.15, 0.2) is 121 Å². The maximum atomic E-state index is 14.1. The Balaban J connectivity index is 1.36. The predicted octanol–water partition coefficient (Wildman–Crippen LogP) is 7.13. The third-order valence-corrected chi connectivity index (χ3v) is 15.6. The van der Waals surface area contributed by atoms with Crippen LogP contribution in [0.4, 0.5) is 4.79 Å². The Bertz CT molecular complexity index is 1920. The van der Waals surface area contributed by atoms with Gasteiger partial charge in [-0.2, -0.15) is 0 Å². The molecule has 2 aliphatic rings. The second-order valence-corrected chi connectivity index (χ2v) is 20.4. The summed E-state index contributed by atoms with van der Waals surface area (Å²) in [6, 6.07) is 33.7. The molecule has 5 atom stereocenters. The SMILES string of the molecule is COc1ccc(C(OC[C@H]2O[C@@H](N3C=CC(NC(=O)c4ccccc4)N(C)C3=O)[C@H](O[Si](C)(C)C(C)(C)C)[C@@H]2O)(c2ccccc2)c2ccc(OC)cc2)cc1. The summed E-state index contributed by atoms with van der Waals surface area (Å²) in [5.74, 6) is 1.08. The first-order valence-corrected chi connectivity index (χ1v) is 21.7. The Morgan fingerprint density at radius 2 is 1.34 bits per heavy atom. The van der Waals surface area contributed by atoms with Gasteiger partial charge in [-0.25, -0.2) is 4.79 Å². The minimum atomic E-state index is -2.53. The molecule has 2 heterocycles. The number of aliphatic hydroxyl groups is 1. The molecular weight excluding hydrogens is 727 g/mol. The zero-order chi connectivity index (χ0) is 40.3. The van der Waals surface area contributed by atoms with Crippen molar-refractivity contribution >= 4 is 20.3 Å². The summed E-state index contributed by atoms with van der Waals surface area (Å²) >= 11 is 0. The van der Waals surface area contributed by atoms with Crippen molar-refractivity contribution in [3.05, 3.63) is 144 Å². The molecule has 0 saturated carbocycles. The lowest BCUT2D eigenvalue weighted by Crippen LogP contribution is -2.59. The molecule has 0 aromatic heterocycles. The van der Waals surface area contributed by atoms with Gasteiger partial charge >= 0.3 is 6.03 Å². The highest BCUT2D eigenvalue weighted by molar-refractivity contribution is 6.74. The van der Waals surface area contributed by atoms with E-state index in [1.165, 1.54) is 9.80 Å². The molecule has 4 aromatic rings. The monoisotopic (exact) mass is 779 g/mol. The maximum Gasteiger partial charge on any atom is 0.327 e. The Morgan fingerprint density at radius 3 is 1.86 bits per heavy atom. The Kier molecular flexibility index (Phi) is 12.1. The van der Waals surface area contributed by atoms with Crippen molar-refractivity contribution in [1.29, 1.82) is 0 Å². The van der Waals surface area contributed by atoms with Crippen LogP contribution in [0.25, 0.3) is 0 Å². The molecular formula is C44H53N3O8Si. The van der Waals surface area contributed by atoms with Gasteiger partial charge in [0.25, 0.3) is 5.91 Å². The highest BCUT2D eigenvalue weighted by Crippen LogP contribution is 2.44. The molecule has 56 heavy (non-hydrogen) atoms. The lowest BCUT2D eigenvalue weighted by molar-refractivity contribution is -0.102. The largest absolute Gasteiger partial charge is 0.497 e. The normalized spacial score (nSPS) is 21.6. The van der Waals surface area contributed by atoms with Crippen LogP contribution < -0.4 is 14.8 Å². The second-order valence-electron chi connectivity index (χ2n) is 15.6. The molecule has 296 valence electrons. The molecule has 0 radical (unpaired) electrons. The first-order valence-electron chi connectivity index (χ1n) is 18.8. The van der Waals surface area contributed by atoms with Crippen molar-refractivity contribution in [3.63, 3.8) is 0 Å². The quantitative estimate of drug-likeness (QED) is 0.109. The fraction of sp³-hybridized carbons (Fsp3) is 0.364. The summed E-state index contributed by atoms with van der Waals surface area (Å²) in [5.41, 5.74) is 1.82. The van der Waals surface area contributed by atoms with Crippen LogP contribution >= 0.6 is 0 Å². The number of nitrogens with one attached hydrogen (secondary N) is 1. The number of nitrogens with zero attached hydrogens (tertiary/aromatic N) is 2. The molecule has 4 aromatic carbocycles. The molecule has 0 bridgehead atoms. The highest BCUT2D eigenvalue weighted by Gasteiger charge is 2.54. The third-order valence-electron chi connectivity index (χ3n) is 11.1. The summed E-state index contributed by atoms with van der Waals surface area (Å²) in [6.07, 6.45) is -1.37. The molecule has 1 fully saturated rings. The number of benzene rings is 4. The number of methoxy groups -OCH3 is 2. The first kappa shape index (κ1) is 40.7. The lowest BCUT2D eigenvalue weighted by atomic mass is 9.80. The molecule has 12 heteroatoms. The van der Waals surface area contributed by atoms with Crippen LogP contribution in [0.1, 0.15) is 47.8 Å². The molecule has 0 spiro atoms. The van der Waals surface area contributed by atoms with Gasteiger partial charge in [-0.3, -0.25) is 9.69 Å². The number of carbonyl (C=O) groups excluding carboxylic acids is 2. The number of aliphatic hydroxyl groups excluding tert-OH is 1. The summed E-state index contributed by atoms with van der Waals surface area (Å²) < 4.78 is 31.7. The molecule has 1 unspecified atom stereocenters. The van der Waals surface area contributed by atoms with Gasteiger partial charge in [-0.05, 0) is 77.3 Å². The van der Waals surface area contributed by atoms with Crippen LogP contribution in [-0.4, -0.2) is 93.7 Å². The fourth-order valence-corrected chi connectivity index (χ4v) is 8.11. The van der Waals surface area contributed by atoms with Gasteiger partial charge in [0.1, 0.15) is 41.6 Å². The zero-order valence-electron chi connectivity index (χ0n) is 33.3. The molecule has 0 aliphatic carbocycles. The number of likely N-dealkylation sites (N-methyl/N-ethyl adjacent to an activating group) is 1. The van der Waals surface area contributed by atoms with Crippen LogP contribution in [0.2, 0.25) is 18.1 Å². The van der Waals surface area contributed by atoms with E-state index in [-0.39, 0.29) is 17.6 Å². The van der Waals surface area contributed by atoms with Crippen molar-refractivity contribution in [1.82, 2.24) is 15.1 Å². The van der Waals surface area contributed by atoms with E-state index in [1.54, 1.807) is 57.8 Å². The van der Waals surface area contributed by atoms with Gasteiger partial charge < -0.3 is 38.7 Å². The molecule has 11 nitrogen and oxygen atoms in total. The summed E-state index contributed by atoms with van der Waals surface area (Å²) in [7, 11) is 2.33. The first-order chi connectivity index (χ1) is 26.7. The van der Waals surface area contributed by atoms with E-state index in [2.05, 4.69) is 39.2 Å². The van der Waals surface area contributed by atoms with Crippen LogP contribution in [0.3, 0.4) is 0 Å². The van der Waals surface area contributed by atoms with Gasteiger partial charge in [-0.1, -0.05) is 93.6 Å². The van der Waals surface area contributed by atoms with Gasteiger partial charge in [0.15, 0.2) is 14.5 Å². The number of ether oxygens (including phenoxy) is 4. The van der Waals surface area contributed by atoms with Crippen molar-refractivity contribution in [2.45, 2.75) is 75.2 Å². The standard InChI is InChI=1S/C44H53N3O8Si/c1-43(2,3)56(7,8)55-39-38(48)36(54-41(39)47-28-27-37(46(4)42(47)50)45-40(49)30-15-11-9-12-16-30)29-53-44(31-17-13-10-14-18-31,32-19-23-34(51-5)24-20-32)33-21-25-35(52-6)26-22-33/h9-28,36-39,41,48H,29H2,1-8H3,(H,45,49)/t36-,37?,38-,39-,41-/m1/s1. The zero-order valence-corrected chi connectivity index (χ0v) is 34.3. The van der Waals surface area contributed by atoms with Crippen molar-refractivity contribution in [2.75, 3.05) is 27.9 Å². The van der Waals surface area contributed by atoms with Gasteiger partial charge in [0.05, 0.1) is 20.8 Å². The van der Waals surface area contributed by atoms with E-state index >= 15 is 0 Å². The van der Waals surface area contributed by atoms with Crippen LogP contribution in [-0.2, 0) is 19.5 Å². The van der Waals surface area contributed by atoms with Crippen molar-refractivity contribution in [3.8, 4) is 11.5 Å². The molecule has 2 aliphatic heterocycles. The molecule has 1 saturated heterocycles. The minimum absolute atomic E-state index is 0.0701. The summed E-state index contributed by atoms with van der Waals surface area (Å²) in [4.78, 5) is 30.0. The van der Waals surface area contributed by atoms with E-state index in [0.717, 1.165) is 16.7 Å². The molecule has 6 rings (SSSR count). The third kappa shape index (κ3) is 8.11. The van der Waals surface area contributed by atoms with E-state index in [4.69, 9.17) is 23.4 Å². The number of urea groups is 1. The predicted molar refractivity (Wildman–Crippen MR) is 217 cm³/mol. The van der Waals surface area contributed by atoms with Gasteiger partial charge in [-0.15, -0.1) is 0 Å². The highest BCUT2D eigenvalue weighted by atomic mass is 28.4. The maximum absolute atomic E-state index is 14.1. The van der Waals surface area contributed by atoms with E-state index in [1.807, 2.05) is 84.9 Å². The number of hydrogen-bond acceptors (Lipinski definition) is 8. The molecule has 2 N–H and O–H groups in total. The Labute approximate surface area is 330 Å². The van der Waals surface area contributed by atoms with Crippen molar-refractivity contribution < 1.29 is 38.1 Å². The smallest absolute Gasteiger partial charge is 0.327 e. The fourth-order valence-electron chi connectivity index (χ4n) is 6.82. The topological polar surface area (TPSA) is 119 Å². The average molecular weight is 780 g/mol. The van der Waals surface area contributed by atoms with Gasteiger partial charge in [0.2, 0.25) is 0 Å². The van der Waals surface area contributed by atoms with Gasteiger partial charge in [0, 0.05) is 18.8 Å². The van der Waals surface area contributed by atoms with E-state index in [9.17, 15) is 14.7 Å². The average Bonchev–Trinajstić information content (AvgIpc) is 3.50. The number of hydrogen-bond donors (Lipinski definition) is 2. The number of amides is 3. The minimum Gasteiger partial charge on any atom is -0.497 e. The summed E-state index contributed by atoms with van der Waals surface area (Å²) in [5, 5.41) is 14.9. The number of carbonyl (C=O) groups is 2. The van der Waals surface area contributed by atoms with Crippen LogP contribution in [0.5, 0.6) is 11.5 Å². The second kappa shape index (κ2) is 16.6. The Hall–Kier alpha value is -4.98. The van der Waals surface area contributed by atoms with Crippen molar-refractivity contribution in [2.24, 2.45) is 0 Å². The lowest BCUT2D eigenvalue weighted by Gasteiger charge is -2.43. The van der Waals surface area contributed by atoms with Crippen LogP contribution in [0, 0.1) is 0 Å². The number of rotatable bonds is 13. The van der Waals surface area contributed by atoms with E-state index in [0.29, 0.717) is 17.1 Å². The van der Waals surface area contributed by atoms with E-state index < -0.39 is 50.7 Å².